The van der Waals surface area contributed by atoms with E-state index >= 15 is 0 Å². The number of benzene rings is 2. The summed E-state index contributed by atoms with van der Waals surface area (Å²) in [6, 6.07) is 16.1. The number of fused-ring (bicyclic) bond motifs is 1. The Bertz CT molecular complexity index is 829. The highest BCUT2D eigenvalue weighted by atomic mass is 32.2. The lowest BCUT2D eigenvalue weighted by molar-refractivity contribution is -0.0288. The molecule has 30 heavy (non-hydrogen) atoms. The van der Waals surface area contributed by atoms with Crippen LogP contribution in [0.15, 0.2) is 53.4 Å². The molecule has 0 radical (unpaired) electrons. The van der Waals surface area contributed by atoms with Gasteiger partial charge < -0.3 is 24.6 Å². The van der Waals surface area contributed by atoms with E-state index in [0.717, 1.165) is 49.1 Å². The van der Waals surface area contributed by atoms with Crippen LogP contribution in [0.1, 0.15) is 6.42 Å². The summed E-state index contributed by atoms with van der Waals surface area (Å²) < 4.78 is 11.3. The number of para-hydroxylation sites is 1. The van der Waals surface area contributed by atoms with Gasteiger partial charge in [0.25, 0.3) is 0 Å². The molecule has 2 N–H and O–H groups in total. The molecule has 0 aliphatic carbocycles. The molecule has 162 valence electrons. The minimum atomic E-state index is -1.10. The van der Waals surface area contributed by atoms with Gasteiger partial charge in [-0.15, -0.1) is 11.8 Å². The van der Waals surface area contributed by atoms with E-state index in [1.54, 1.807) is 7.11 Å². The zero-order chi connectivity index (χ0) is 21.0. The summed E-state index contributed by atoms with van der Waals surface area (Å²) in [6.45, 7) is 4.71. The highest BCUT2D eigenvalue weighted by Gasteiger charge is 2.41. The highest BCUT2D eigenvalue weighted by molar-refractivity contribution is 8.00. The molecule has 2 aromatic rings. The molecule has 0 bridgehead atoms. The van der Waals surface area contributed by atoms with Crippen LogP contribution in [0.25, 0.3) is 0 Å². The number of hydrogen-bond acceptors (Lipinski definition) is 7. The topological polar surface area (TPSA) is 65.4 Å². The van der Waals surface area contributed by atoms with Crippen LogP contribution in [-0.2, 0) is 0 Å². The first-order chi connectivity index (χ1) is 14.6. The fraction of sp³-hybridized carbons (Fsp3) is 0.478. The van der Waals surface area contributed by atoms with Crippen molar-refractivity contribution in [2.75, 3.05) is 57.9 Å². The van der Waals surface area contributed by atoms with Gasteiger partial charge in [0.1, 0.15) is 23.7 Å². The number of nitrogens with zero attached hydrogens (tertiary/aromatic N) is 2. The summed E-state index contributed by atoms with van der Waals surface area (Å²) in [5.41, 5.74) is 0.167. The number of thioether (sulfide) groups is 1. The summed E-state index contributed by atoms with van der Waals surface area (Å²) in [4.78, 5) is 5.68. The second kappa shape index (κ2) is 9.47. The monoisotopic (exact) mass is 430 g/mol. The first kappa shape index (κ1) is 21.3. The van der Waals surface area contributed by atoms with Gasteiger partial charge in [0.05, 0.1) is 23.9 Å². The number of aliphatic hydroxyl groups excluding tert-OH is 1. The van der Waals surface area contributed by atoms with Gasteiger partial charge in [0.15, 0.2) is 0 Å². The average molecular weight is 431 g/mol. The molecule has 2 heterocycles. The zero-order valence-corrected chi connectivity index (χ0v) is 18.2. The minimum Gasteiger partial charge on any atom is -0.497 e. The molecule has 1 fully saturated rings. The Labute approximate surface area is 182 Å². The molecule has 1 saturated heterocycles. The molecule has 0 spiro atoms. The summed E-state index contributed by atoms with van der Waals surface area (Å²) >= 11 is 1.47. The van der Waals surface area contributed by atoms with Gasteiger partial charge in [-0.2, -0.15) is 0 Å². The molecule has 6 nitrogen and oxygen atoms in total. The number of anilines is 1. The molecule has 0 amide bonds. The smallest absolute Gasteiger partial charge is 0.133 e. The van der Waals surface area contributed by atoms with E-state index in [-0.39, 0.29) is 18.5 Å². The van der Waals surface area contributed by atoms with Gasteiger partial charge >= 0.3 is 0 Å². The summed E-state index contributed by atoms with van der Waals surface area (Å²) in [5, 5.41) is 21.1. The van der Waals surface area contributed by atoms with E-state index < -0.39 is 5.60 Å². The van der Waals surface area contributed by atoms with E-state index in [1.165, 1.54) is 17.4 Å². The van der Waals surface area contributed by atoms with Gasteiger partial charge in [-0.1, -0.05) is 18.2 Å². The van der Waals surface area contributed by atoms with Crippen molar-refractivity contribution >= 4 is 17.4 Å². The Morgan fingerprint density at radius 1 is 1.13 bits per heavy atom. The van der Waals surface area contributed by atoms with Crippen LogP contribution in [0.4, 0.5) is 5.69 Å². The zero-order valence-electron chi connectivity index (χ0n) is 17.4. The maximum absolute atomic E-state index is 11.4. The fourth-order valence-corrected chi connectivity index (χ4v) is 5.26. The van der Waals surface area contributed by atoms with Crippen molar-refractivity contribution in [2.24, 2.45) is 0 Å². The van der Waals surface area contributed by atoms with Crippen molar-refractivity contribution < 1.29 is 19.7 Å². The molecule has 0 unspecified atom stereocenters. The van der Waals surface area contributed by atoms with Crippen LogP contribution in [0.2, 0.25) is 0 Å². The molecule has 7 heteroatoms. The van der Waals surface area contributed by atoms with E-state index in [0.29, 0.717) is 6.42 Å². The van der Waals surface area contributed by atoms with Crippen LogP contribution in [0.5, 0.6) is 11.5 Å². The Morgan fingerprint density at radius 3 is 2.60 bits per heavy atom. The molecule has 2 aliphatic rings. The van der Waals surface area contributed by atoms with Crippen molar-refractivity contribution in [3.8, 4) is 11.5 Å². The third-order valence-electron chi connectivity index (χ3n) is 6.02. The van der Waals surface area contributed by atoms with Gasteiger partial charge in [0.2, 0.25) is 0 Å². The van der Waals surface area contributed by atoms with Crippen LogP contribution < -0.4 is 14.4 Å². The van der Waals surface area contributed by atoms with Gasteiger partial charge in [-0.3, -0.25) is 4.90 Å². The standard InChI is InChI=1S/C23H30N2O4S/c1-28-19-7-8-20-21(15-19)30-22(16-26)23(27,17-29-20)9-10-24-11-13-25(14-12-24)18-5-3-2-4-6-18/h2-8,15,22,26-27H,9-14,16-17H2,1H3/t22-,23+/m1/s1. The van der Waals surface area contributed by atoms with Crippen molar-refractivity contribution in [1.29, 1.82) is 0 Å². The Balaban J connectivity index is 1.36. The number of rotatable bonds is 6. The minimum absolute atomic E-state index is 0.108. The molecule has 0 aromatic heterocycles. The number of methoxy groups -OCH3 is 1. The van der Waals surface area contributed by atoms with Crippen LogP contribution >= 0.6 is 11.8 Å². The predicted molar refractivity (Wildman–Crippen MR) is 120 cm³/mol. The number of hydrogen-bond donors (Lipinski definition) is 2. The molecule has 2 aromatic carbocycles. The summed E-state index contributed by atoms with van der Waals surface area (Å²) in [6.07, 6.45) is 0.557. The predicted octanol–water partition coefficient (Wildman–Crippen LogP) is 2.48. The maximum Gasteiger partial charge on any atom is 0.133 e. The van der Waals surface area contributed by atoms with Crippen molar-refractivity contribution in [1.82, 2.24) is 4.90 Å². The van der Waals surface area contributed by atoms with Crippen molar-refractivity contribution in [2.45, 2.75) is 22.2 Å². The lowest BCUT2D eigenvalue weighted by Crippen LogP contribution is -2.52. The fourth-order valence-electron chi connectivity index (χ4n) is 4.05. The lowest BCUT2D eigenvalue weighted by Gasteiger charge is -2.38. The summed E-state index contributed by atoms with van der Waals surface area (Å²) in [7, 11) is 1.63. The van der Waals surface area contributed by atoms with Crippen LogP contribution in [0, 0.1) is 0 Å². The Morgan fingerprint density at radius 2 is 1.90 bits per heavy atom. The average Bonchev–Trinajstić information content (AvgIpc) is 2.94. The molecular weight excluding hydrogens is 400 g/mol. The molecule has 2 atom stereocenters. The third kappa shape index (κ3) is 4.70. The van der Waals surface area contributed by atoms with E-state index in [4.69, 9.17) is 9.47 Å². The van der Waals surface area contributed by atoms with E-state index in [9.17, 15) is 10.2 Å². The van der Waals surface area contributed by atoms with Gasteiger partial charge in [0, 0.05) is 38.4 Å². The Kier molecular flexibility index (Phi) is 6.73. The molecule has 4 rings (SSSR count). The molecule has 0 saturated carbocycles. The molecular formula is C23H30N2O4S. The molecule has 2 aliphatic heterocycles. The lowest BCUT2D eigenvalue weighted by atomic mass is 9.95. The van der Waals surface area contributed by atoms with Gasteiger partial charge in [-0.05, 0) is 36.8 Å². The van der Waals surface area contributed by atoms with Crippen molar-refractivity contribution in [3.63, 3.8) is 0 Å². The highest BCUT2D eigenvalue weighted by Crippen LogP contribution is 2.42. The SMILES string of the molecule is COc1ccc2c(c1)S[C@H](CO)[C@](O)(CCN1CCN(c3ccccc3)CC1)CO2. The van der Waals surface area contributed by atoms with Crippen LogP contribution in [0.3, 0.4) is 0 Å². The quantitative estimate of drug-likeness (QED) is 0.730. The van der Waals surface area contributed by atoms with E-state index in [2.05, 4.69) is 34.1 Å². The Hall–Kier alpha value is -1.93. The first-order valence-electron chi connectivity index (χ1n) is 10.4. The van der Waals surface area contributed by atoms with Crippen LogP contribution in [-0.4, -0.2) is 79.0 Å². The normalized spacial score (nSPS) is 24.6. The van der Waals surface area contributed by atoms with Crippen molar-refractivity contribution in [3.05, 3.63) is 48.5 Å². The second-order valence-electron chi connectivity index (χ2n) is 7.91. The summed E-state index contributed by atoms with van der Waals surface area (Å²) in [5.74, 6) is 1.47. The maximum atomic E-state index is 11.4. The number of piperazine rings is 1. The number of ether oxygens (including phenoxy) is 2. The van der Waals surface area contributed by atoms with Gasteiger partial charge in [-0.25, -0.2) is 0 Å². The number of aliphatic hydroxyl groups is 2. The second-order valence-corrected chi connectivity index (χ2v) is 9.15. The third-order valence-corrected chi connectivity index (χ3v) is 7.46. The largest absolute Gasteiger partial charge is 0.497 e. The first-order valence-corrected chi connectivity index (χ1v) is 11.3. The van der Waals surface area contributed by atoms with E-state index in [1.807, 2.05) is 24.3 Å².